The lowest BCUT2D eigenvalue weighted by atomic mass is 9.80. The van der Waals surface area contributed by atoms with E-state index in [9.17, 15) is 0 Å². The Morgan fingerprint density at radius 1 is 1.21 bits per heavy atom. The second-order valence-corrected chi connectivity index (χ2v) is 5.29. The fraction of sp³-hybridized carbons (Fsp3) is 1.00. The predicted octanol–water partition coefficient (Wildman–Crippen LogP) is 2.07. The standard InChI is InChI=1S/C10H19NO3/c1-6-7-4-5-8(10(7,2)3)9(6)14-11(12)13/h6-9,12-13H,4-5H2,1-3H3/t6?,7-,8+,9?/m0/s1. The van der Waals surface area contributed by atoms with E-state index < -0.39 is 0 Å². The molecule has 82 valence electrons. The first-order chi connectivity index (χ1) is 6.44. The molecule has 2 saturated carbocycles. The minimum atomic E-state index is -0.127. The average Bonchev–Trinajstić information content (AvgIpc) is 2.42. The molecule has 14 heavy (non-hydrogen) atoms. The predicted molar refractivity (Wildman–Crippen MR) is 49.4 cm³/mol. The van der Waals surface area contributed by atoms with E-state index in [0.29, 0.717) is 17.8 Å². The van der Waals surface area contributed by atoms with Crippen LogP contribution in [0.15, 0.2) is 0 Å². The van der Waals surface area contributed by atoms with E-state index in [1.165, 1.54) is 6.42 Å². The monoisotopic (exact) mass is 201 g/mol. The van der Waals surface area contributed by atoms with Crippen molar-refractivity contribution in [2.45, 2.75) is 39.7 Å². The van der Waals surface area contributed by atoms with Gasteiger partial charge in [0.1, 0.15) is 0 Å². The van der Waals surface area contributed by atoms with Gasteiger partial charge in [0, 0.05) is 0 Å². The Morgan fingerprint density at radius 3 is 2.21 bits per heavy atom. The quantitative estimate of drug-likeness (QED) is 0.671. The van der Waals surface area contributed by atoms with Gasteiger partial charge in [-0.15, -0.1) is 0 Å². The van der Waals surface area contributed by atoms with Gasteiger partial charge in [0.05, 0.1) is 11.5 Å². The van der Waals surface area contributed by atoms with Crippen molar-refractivity contribution in [1.82, 2.24) is 5.39 Å². The Morgan fingerprint density at radius 2 is 1.79 bits per heavy atom. The third kappa shape index (κ3) is 1.29. The van der Waals surface area contributed by atoms with Crippen molar-refractivity contribution in [3.63, 3.8) is 0 Å². The largest absolute Gasteiger partial charge is 0.266 e. The van der Waals surface area contributed by atoms with Gasteiger partial charge in [-0.2, -0.15) is 0 Å². The number of hydrogen-bond donors (Lipinski definition) is 2. The highest BCUT2D eigenvalue weighted by Crippen LogP contribution is 2.60. The third-order valence-electron chi connectivity index (χ3n) is 4.47. The Labute approximate surface area is 84.3 Å². The lowest BCUT2D eigenvalue weighted by molar-refractivity contribution is -0.510. The molecule has 0 aliphatic heterocycles. The first-order valence-electron chi connectivity index (χ1n) is 5.29. The Kier molecular flexibility index (Phi) is 2.34. The van der Waals surface area contributed by atoms with Crippen LogP contribution in [0.1, 0.15) is 33.6 Å². The first kappa shape index (κ1) is 10.4. The highest BCUT2D eigenvalue weighted by Gasteiger charge is 2.58. The van der Waals surface area contributed by atoms with E-state index in [0.717, 1.165) is 6.42 Å². The summed E-state index contributed by atoms with van der Waals surface area (Å²) in [5, 5.41) is 17.3. The van der Waals surface area contributed by atoms with Gasteiger partial charge in [-0.1, -0.05) is 20.8 Å². The van der Waals surface area contributed by atoms with Crippen LogP contribution in [-0.2, 0) is 4.84 Å². The molecule has 0 spiro atoms. The van der Waals surface area contributed by atoms with Crippen LogP contribution < -0.4 is 0 Å². The minimum Gasteiger partial charge on any atom is -0.266 e. The van der Waals surface area contributed by atoms with E-state index >= 15 is 0 Å². The van der Waals surface area contributed by atoms with E-state index in [1.807, 2.05) is 0 Å². The summed E-state index contributed by atoms with van der Waals surface area (Å²) in [6.45, 7) is 6.66. The molecule has 2 N–H and O–H groups in total. The van der Waals surface area contributed by atoms with Crippen molar-refractivity contribution < 1.29 is 15.3 Å². The fourth-order valence-electron chi connectivity index (χ4n) is 3.78. The maximum absolute atomic E-state index is 8.70. The maximum Gasteiger partial charge on any atom is 0.0905 e. The molecular weight excluding hydrogens is 182 g/mol. The molecule has 2 unspecified atom stereocenters. The Hall–Kier alpha value is -0.160. The van der Waals surface area contributed by atoms with Gasteiger partial charge in [0.15, 0.2) is 0 Å². The van der Waals surface area contributed by atoms with Crippen LogP contribution in [0.3, 0.4) is 0 Å². The zero-order chi connectivity index (χ0) is 10.5. The van der Waals surface area contributed by atoms with E-state index in [4.69, 9.17) is 15.3 Å². The average molecular weight is 201 g/mol. The molecule has 0 heterocycles. The molecular formula is C10H19NO3. The van der Waals surface area contributed by atoms with Gasteiger partial charge < -0.3 is 0 Å². The molecule has 2 bridgehead atoms. The molecule has 0 aromatic rings. The molecule has 0 radical (unpaired) electrons. The summed E-state index contributed by atoms with van der Waals surface area (Å²) in [5.74, 6) is 1.51. The van der Waals surface area contributed by atoms with Crippen molar-refractivity contribution in [3.05, 3.63) is 0 Å². The van der Waals surface area contributed by atoms with Crippen molar-refractivity contribution in [2.24, 2.45) is 23.2 Å². The summed E-state index contributed by atoms with van der Waals surface area (Å²) < 4.78 is 0. The molecule has 0 aromatic carbocycles. The van der Waals surface area contributed by atoms with E-state index in [-0.39, 0.29) is 16.9 Å². The highest BCUT2D eigenvalue weighted by molar-refractivity contribution is 5.06. The first-order valence-corrected chi connectivity index (χ1v) is 5.29. The summed E-state index contributed by atoms with van der Waals surface area (Å²) in [4.78, 5) is 5.04. The molecule has 2 aliphatic carbocycles. The van der Waals surface area contributed by atoms with Crippen LogP contribution in [0.4, 0.5) is 0 Å². The van der Waals surface area contributed by atoms with Gasteiger partial charge in [0.25, 0.3) is 0 Å². The van der Waals surface area contributed by atoms with Crippen LogP contribution in [0, 0.1) is 23.2 Å². The second-order valence-electron chi connectivity index (χ2n) is 5.29. The summed E-state index contributed by atoms with van der Waals surface area (Å²) in [5.41, 5.74) is 0.278. The molecule has 0 aromatic heterocycles. The number of rotatable bonds is 2. The number of nitrogens with zero attached hydrogens (tertiary/aromatic N) is 1. The Balaban J connectivity index is 2.15. The maximum atomic E-state index is 8.70. The van der Waals surface area contributed by atoms with Crippen molar-refractivity contribution in [2.75, 3.05) is 0 Å². The normalized spacial score (nSPS) is 45.0. The summed E-state index contributed by atoms with van der Waals surface area (Å²) in [7, 11) is 0. The molecule has 4 atom stereocenters. The van der Waals surface area contributed by atoms with Crippen LogP contribution >= 0.6 is 0 Å². The molecule has 4 nitrogen and oxygen atoms in total. The van der Waals surface area contributed by atoms with Crippen LogP contribution in [0.2, 0.25) is 0 Å². The van der Waals surface area contributed by atoms with Crippen molar-refractivity contribution >= 4 is 0 Å². The van der Waals surface area contributed by atoms with Crippen LogP contribution in [0.25, 0.3) is 0 Å². The van der Waals surface area contributed by atoms with Crippen molar-refractivity contribution in [3.8, 4) is 0 Å². The summed E-state index contributed by atoms with van der Waals surface area (Å²) >= 11 is 0. The topological polar surface area (TPSA) is 52.9 Å². The second kappa shape index (κ2) is 3.17. The molecule has 4 heteroatoms. The fourth-order valence-corrected chi connectivity index (χ4v) is 3.78. The van der Waals surface area contributed by atoms with Gasteiger partial charge in [-0.25, -0.2) is 4.84 Å². The molecule has 2 fully saturated rings. The SMILES string of the molecule is CC1C(ON(O)O)[C@H]2CC[C@@H]1C2(C)C. The highest BCUT2D eigenvalue weighted by atomic mass is 17.1. The smallest absolute Gasteiger partial charge is 0.0905 e. The van der Waals surface area contributed by atoms with Crippen LogP contribution in [0.5, 0.6) is 0 Å². The van der Waals surface area contributed by atoms with E-state index in [2.05, 4.69) is 20.8 Å². The molecule has 0 amide bonds. The Bertz CT molecular complexity index is 229. The number of hydrogen-bond acceptors (Lipinski definition) is 4. The molecule has 2 aliphatic rings. The van der Waals surface area contributed by atoms with E-state index in [1.54, 1.807) is 0 Å². The lowest BCUT2D eigenvalue weighted by Crippen LogP contribution is -2.34. The van der Waals surface area contributed by atoms with Gasteiger partial charge >= 0.3 is 0 Å². The van der Waals surface area contributed by atoms with Crippen LogP contribution in [-0.4, -0.2) is 21.9 Å². The van der Waals surface area contributed by atoms with Crippen molar-refractivity contribution in [1.29, 1.82) is 0 Å². The molecule has 2 rings (SSSR count). The number of fused-ring (bicyclic) bond motifs is 2. The minimum absolute atomic E-state index is 0.0428. The van der Waals surface area contributed by atoms with Gasteiger partial charge in [-0.3, -0.25) is 10.4 Å². The third-order valence-corrected chi connectivity index (χ3v) is 4.47. The summed E-state index contributed by atoms with van der Waals surface area (Å²) in [6.07, 6.45) is 2.34. The summed E-state index contributed by atoms with van der Waals surface area (Å²) in [6, 6.07) is 0. The zero-order valence-electron chi connectivity index (χ0n) is 8.97. The van der Waals surface area contributed by atoms with Gasteiger partial charge in [-0.05, 0) is 36.0 Å². The molecule has 0 saturated heterocycles. The zero-order valence-corrected chi connectivity index (χ0v) is 8.97. The lowest BCUT2D eigenvalue weighted by Gasteiger charge is -2.28. The van der Waals surface area contributed by atoms with Gasteiger partial charge in [0.2, 0.25) is 0 Å².